The van der Waals surface area contributed by atoms with Gasteiger partial charge in [0.15, 0.2) is 5.03 Å². The topological polar surface area (TPSA) is 92.1 Å². The summed E-state index contributed by atoms with van der Waals surface area (Å²) < 4.78 is 25.3. The van der Waals surface area contributed by atoms with Gasteiger partial charge < -0.3 is 5.73 Å². The fourth-order valence-corrected chi connectivity index (χ4v) is 2.42. The van der Waals surface area contributed by atoms with Gasteiger partial charge in [0.1, 0.15) is 0 Å². The number of sulfonamides is 1. The van der Waals surface area contributed by atoms with Crippen molar-refractivity contribution in [3.8, 4) is 0 Å². The molecule has 7 heteroatoms. The minimum Gasteiger partial charge on any atom is -0.327 e. The van der Waals surface area contributed by atoms with E-state index in [4.69, 9.17) is 5.73 Å². The van der Waals surface area contributed by atoms with Gasteiger partial charge in [-0.25, -0.2) is 8.42 Å². The molecule has 1 heterocycles. The van der Waals surface area contributed by atoms with Crippen molar-refractivity contribution in [2.45, 2.75) is 31.3 Å². The third-order valence-corrected chi connectivity index (χ3v) is 4.58. The molecule has 1 aromatic rings. The van der Waals surface area contributed by atoms with Crippen molar-refractivity contribution in [1.29, 1.82) is 0 Å². The first-order valence-corrected chi connectivity index (χ1v) is 7.01. The summed E-state index contributed by atoms with van der Waals surface area (Å²) in [6, 6.07) is 1.45. The summed E-state index contributed by atoms with van der Waals surface area (Å²) >= 11 is 0. The Balaban J connectivity index is 2.62. The van der Waals surface area contributed by atoms with Crippen molar-refractivity contribution in [3.05, 3.63) is 12.3 Å². The van der Waals surface area contributed by atoms with Gasteiger partial charge in [0.25, 0.3) is 10.0 Å². The molecule has 0 aliphatic heterocycles. The largest absolute Gasteiger partial charge is 0.327 e. The van der Waals surface area contributed by atoms with E-state index in [-0.39, 0.29) is 11.1 Å². The molecule has 1 atom stereocenters. The Kier molecular flexibility index (Phi) is 4.67. The molecule has 0 fully saturated rings. The fourth-order valence-electron chi connectivity index (χ4n) is 1.34. The lowest BCUT2D eigenvalue weighted by molar-refractivity contribution is 0.396. The van der Waals surface area contributed by atoms with Crippen LogP contribution in [0.1, 0.15) is 20.3 Å². The zero-order valence-electron chi connectivity index (χ0n) is 10.4. The van der Waals surface area contributed by atoms with Gasteiger partial charge >= 0.3 is 0 Å². The molecule has 0 spiro atoms. The summed E-state index contributed by atoms with van der Waals surface area (Å²) in [4.78, 5) is 0. The van der Waals surface area contributed by atoms with E-state index < -0.39 is 10.0 Å². The Bertz CT molecular complexity index is 427. The number of H-pyrrole nitrogens is 1. The molecule has 17 heavy (non-hydrogen) atoms. The zero-order chi connectivity index (χ0) is 13.1. The first kappa shape index (κ1) is 14.1. The minimum atomic E-state index is -3.46. The van der Waals surface area contributed by atoms with Crippen LogP contribution in [0.2, 0.25) is 0 Å². The highest BCUT2D eigenvalue weighted by Gasteiger charge is 2.22. The van der Waals surface area contributed by atoms with Crippen LogP contribution >= 0.6 is 0 Å². The lowest BCUT2D eigenvalue weighted by Gasteiger charge is -2.20. The van der Waals surface area contributed by atoms with Crippen LogP contribution in [-0.2, 0) is 10.0 Å². The van der Waals surface area contributed by atoms with Crippen molar-refractivity contribution in [3.63, 3.8) is 0 Å². The molecule has 98 valence electrons. The van der Waals surface area contributed by atoms with Crippen LogP contribution in [0.25, 0.3) is 0 Å². The molecule has 0 aromatic carbocycles. The van der Waals surface area contributed by atoms with Gasteiger partial charge in [-0.15, -0.1) is 0 Å². The molecule has 0 aliphatic rings. The SMILES string of the molecule is CC(C)C(N)CCN(C)S(=O)(=O)c1ccn[nH]1. The third-order valence-electron chi connectivity index (χ3n) is 2.80. The smallest absolute Gasteiger partial charge is 0.259 e. The highest BCUT2D eigenvalue weighted by Crippen LogP contribution is 2.12. The van der Waals surface area contributed by atoms with Gasteiger partial charge in [-0.05, 0) is 18.4 Å². The first-order valence-electron chi connectivity index (χ1n) is 5.57. The standard InChI is InChI=1S/C10H20N4O2S/c1-8(2)9(11)5-7-14(3)17(15,16)10-4-6-12-13-10/h4,6,8-9H,5,7,11H2,1-3H3,(H,12,13). The van der Waals surface area contributed by atoms with Gasteiger partial charge in [-0.3, -0.25) is 5.10 Å². The predicted octanol–water partition coefficient (Wildman–Crippen LogP) is 0.404. The molecule has 6 nitrogen and oxygen atoms in total. The molecular weight excluding hydrogens is 240 g/mol. The van der Waals surface area contributed by atoms with Crippen LogP contribution in [0.3, 0.4) is 0 Å². The van der Waals surface area contributed by atoms with E-state index in [0.717, 1.165) is 0 Å². The van der Waals surface area contributed by atoms with Gasteiger partial charge in [0, 0.05) is 19.6 Å². The molecule has 0 bridgehead atoms. The average molecular weight is 260 g/mol. The number of hydrogen-bond donors (Lipinski definition) is 2. The molecule has 0 amide bonds. The summed E-state index contributed by atoms with van der Waals surface area (Å²) in [5, 5.41) is 6.21. The second-order valence-corrected chi connectivity index (χ2v) is 6.46. The summed E-state index contributed by atoms with van der Waals surface area (Å²) in [7, 11) is -1.91. The maximum atomic E-state index is 12.0. The van der Waals surface area contributed by atoms with E-state index in [1.54, 1.807) is 7.05 Å². The van der Waals surface area contributed by atoms with Gasteiger partial charge in [0.2, 0.25) is 0 Å². The maximum Gasteiger partial charge on any atom is 0.259 e. The molecule has 1 unspecified atom stereocenters. The van der Waals surface area contributed by atoms with E-state index in [1.807, 2.05) is 13.8 Å². The van der Waals surface area contributed by atoms with Crippen LogP contribution in [0.5, 0.6) is 0 Å². The normalized spacial score (nSPS) is 14.5. The highest BCUT2D eigenvalue weighted by atomic mass is 32.2. The number of hydrogen-bond acceptors (Lipinski definition) is 4. The quantitative estimate of drug-likeness (QED) is 0.774. The number of nitrogens with two attached hydrogens (primary N) is 1. The predicted molar refractivity (Wildman–Crippen MR) is 65.8 cm³/mol. The number of aromatic amines is 1. The minimum absolute atomic E-state index is 0.00872. The molecule has 0 saturated heterocycles. The first-order chi connectivity index (χ1) is 7.85. The number of rotatable bonds is 6. The Morgan fingerprint density at radius 3 is 2.65 bits per heavy atom. The number of aromatic nitrogens is 2. The summed E-state index contributed by atoms with van der Waals surface area (Å²) in [6.07, 6.45) is 2.06. The molecule has 0 radical (unpaired) electrons. The van der Waals surface area contributed by atoms with Gasteiger partial charge in [0.05, 0.1) is 6.20 Å². The van der Waals surface area contributed by atoms with E-state index in [2.05, 4.69) is 10.2 Å². The van der Waals surface area contributed by atoms with Crippen molar-refractivity contribution in [2.75, 3.05) is 13.6 Å². The van der Waals surface area contributed by atoms with Gasteiger partial charge in [-0.2, -0.15) is 9.40 Å². The van der Waals surface area contributed by atoms with Crippen molar-refractivity contribution in [1.82, 2.24) is 14.5 Å². The third kappa shape index (κ3) is 3.52. The number of nitrogens with zero attached hydrogens (tertiary/aromatic N) is 2. The Morgan fingerprint density at radius 1 is 1.53 bits per heavy atom. The molecule has 0 aliphatic carbocycles. The van der Waals surface area contributed by atoms with Crippen molar-refractivity contribution in [2.24, 2.45) is 11.7 Å². The lowest BCUT2D eigenvalue weighted by atomic mass is 10.0. The maximum absolute atomic E-state index is 12.0. The van der Waals surface area contributed by atoms with E-state index >= 15 is 0 Å². The summed E-state index contributed by atoms with van der Waals surface area (Å²) in [6.45, 7) is 4.45. The average Bonchev–Trinajstić information content (AvgIpc) is 2.78. The zero-order valence-corrected chi connectivity index (χ0v) is 11.2. The monoisotopic (exact) mass is 260 g/mol. The van der Waals surface area contributed by atoms with Crippen LogP contribution < -0.4 is 5.73 Å². The molecule has 1 aromatic heterocycles. The molecule has 3 N–H and O–H groups in total. The van der Waals surface area contributed by atoms with Crippen LogP contribution in [0.15, 0.2) is 17.3 Å². The van der Waals surface area contributed by atoms with E-state index in [0.29, 0.717) is 18.9 Å². The second-order valence-electron chi connectivity index (χ2n) is 4.44. The van der Waals surface area contributed by atoms with Gasteiger partial charge in [-0.1, -0.05) is 13.8 Å². The lowest BCUT2D eigenvalue weighted by Crippen LogP contribution is -2.34. The summed E-state index contributed by atoms with van der Waals surface area (Å²) in [5.74, 6) is 0.346. The Hall–Kier alpha value is -0.920. The molecule has 0 saturated carbocycles. The van der Waals surface area contributed by atoms with Crippen LogP contribution in [0.4, 0.5) is 0 Å². The Labute approximate surface area is 102 Å². The van der Waals surface area contributed by atoms with E-state index in [1.165, 1.54) is 16.6 Å². The Morgan fingerprint density at radius 2 is 2.18 bits per heavy atom. The second kappa shape index (κ2) is 5.61. The van der Waals surface area contributed by atoms with Crippen LogP contribution in [0, 0.1) is 5.92 Å². The summed E-state index contributed by atoms with van der Waals surface area (Å²) in [5.41, 5.74) is 5.89. The van der Waals surface area contributed by atoms with Crippen molar-refractivity contribution < 1.29 is 8.42 Å². The highest BCUT2D eigenvalue weighted by molar-refractivity contribution is 7.89. The molecular formula is C10H20N4O2S. The fraction of sp³-hybridized carbons (Fsp3) is 0.700. The van der Waals surface area contributed by atoms with Crippen LogP contribution in [-0.4, -0.2) is 42.6 Å². The van der Waals surface area contributed by atoms with E-state index in [9.17, 15) is 8.42 Å². The molecule has 1 rings (SSSR count). The van der Waals surface area contributed by atoms with Crippen molar-refractivity contribution >= 4 is 10.0 Å². The number of nitrogens with one attached hydrogen (secondary N) is 1.